The average molecular weight is 350 g/mol. The quantitative estimate of drug-likeness (QED) is 0.683. The summed E-state index contributed by atoms with van der Waals surface area (Å²) < 4.78 is 10.4. The van der Waals surface area contributed by atoms with Crippen LogP contribution in [0.4, 0.5) is 4.79 Å². The van der Waals surface area contributed by atoms with E-state index < -0.39 is 17.1 Å². The molecule has 1 aliphatic rings. The number of nitrogens with zero attached hydrogens (tertiary/aromatic N) is 1. The Morgan fingerprint density at radius 1 is 1.29 bits per heavy atom. The summed E-state index contributed by atoms with van der Waals surface area (Å²) in [6.45, 7) is 0.0469. The van der Waals surface area contributed by atoms with E-state index in [0.717, 1.165) is 16.7 Å². The topological polar surface area (TPSA) is 96.0 Å². The number of benzene rings is 1. The van der Waals surface area contributed by atoms with Crippen molar-refractivity contribution >= 4 is 35.0 Å². The van der Waals surface area contributed by atoms with Gasteiger partial charge in [-0.1, -0.05) is 0 Å². The second-order valence-corrected chi connectivity index (χ2v) is 5.91. The van der Waals surface area contributed by atoms with Gasteiger partial charge in [-0.15, -0.1) is 0 Å². The van der Waals surface area contributed by atoms with Crippen molar-refractivity contribution in [3.05, 3.63) is 28.7 Å². The minimum Gasteiger partial charge on any atom is -0.550 e. The van der Waals surface area contributed by atoms with Crippen LogP contribution in [0.3, 0.4) is 0 Å². The van der Waals surface area contributed by atoms with Crippen molar-refractivity contribution in [3.63, 3.8) is 0 Å². The molecule has 0 bridgehead atoms. The molecule has 24 heavy (non-hydrogen) atoms. The highest BCUT2D eigenvalue weighted by Gasteiger charge is 2.34. The van der Waals surface area contributed by atoms with Crippen LogP contribution in [0, 0.1) is 0 Å². The lowest BCUT2D eigenvalue weighted by atomic mass is 10.1. The molecule has 1 aromatic rings. The van der Waals surface area contributed by atoms with Crippen LogP contribution in [0.1, 0.15) is 18.4 Å². The molecular weight excluding hydrogens is 334 g/mol. The smallest absolute Gasteiger partial charge is 0.293 e. The minimum atomic E-state index is -1.21. The van der Waals surface area contributed by atoms with Crippen molar-refractivity contribution in [1.82, 2.24) is 4.90 Å². The molecule has 0 atom stereocenters. The normalized spacial score (nSPS) is 15.9. The molecule has 0 aliphatic carbocycles. The first-order valence-electron chi connectivity index (χ1n) is 7.13. The summed E-state index contributed by atoms with van der Waals surface area (Å²) in [6.07, 6.45) is 1.52. The van der Waals surface area contributed by atoms with E-state index in [-0.39, 0.29) is 24.3 Å². The molecule has 0 N–H and O–H groups in total. The van der Waals surface area contributed by atoms with Gasteiger partial charge < -0.3 is 19.4 Å². The Hall–Kier alpha value is -2.48. The van der Waals surface area contributed by atoms with E-state index in [2.05, 4.69) is 0 Å². The van der Waals surface area contributed by atoms with Crippen LogP contribution in [0.15, 0.2) is 23.1 Å². The number of aliphatic carboxylic acids is 1. The van der Waals surface area contributed by atoms with Gasteiger partial charge in [0.25, 0.3) is 11.1 Å². The number of carbonyl (C=O) groups excluding carboxylic acids is 3. The van der Waals surface area contributed by atoms with Gasteiger partial charge in [0, 0.05) is 18.1 Å². The molecule has 1 saturated heterocycles. The lowest BCUT2D eigenvalue weighted by Gasteiger charge is -2.12. The maximum absolute atomic E-state index is 12.3. The lowest BCUT2D eigenvalue weighted by molar-refractivity contribution is -0.305. The van der Waals surface area contributed by atoms with E-state index in [0.29, 0.717) is 17.1 Å². The number of imide groups is 1. The highest BCUT2D eigenvalue weighted by atomic mass is 32.2. The number of hydrogen-bond donors (Lipinski definition) is 0. The van der Waals surface area contributed by atoms with Crippen LogP contribution in [0.5, 0.6) is 11.5 Å². The lowest BCUT2D eigenvalue weighted by Crippen LogP contribution is -2.30. The van der Waals surface area contributed by atoms with Gasteiger partial charge in [-0.05, 0) is 48.9 Å². The van der Waals surface area contributed by atoms with Crippen molar-refractivity contribution in [2.75, 3.05) is 20.8 Å². The van der Waals surface area contributed by atoms with E-state index in [4.69, 9.17) is 9.47 Å². The Balaban J connectivity index is 2.20. The van der Waals surface area contributed by atoms with Gasteiger partial charge in [0.1, 0.15) is 11.5 Å². The number of amides is 2. The summed E-state index contributed by atoms with van der Waals surface area (Å²) in [5.74, 6) is -0.526. The summed E-state index contributed by atoms with van der Waals surface area (Å²) in [4.78, 5) is 36.0. The molecule has 0 saturated carbocycles. The van der Waals surface area contributed by atoms with Gasteiger partial charge in [-0.2, -0.15) is 0 Å². The second kappa shape index (κ2) is 7.87. The molecule has 1 aromatic carbocycles. The number of carbonyl (C=O) groups is 3. The Kier molecular flexibility index (Phi) is 5.86. The summed E-state index contributed by atoms with van der Waals surface area (Å²) in [5, 5.41) is 10.0. The van der Waals surface area contributed by atoms with Gasteiger partial charge in [-0.3, -0.25) is 14.5 Å². The fourth-order valence-electron chi connectivity index (χ4n) is 2.17. The number of carboxylic acids is 1. The fraction of sp³-hybridized carbons (Fsp3) is 0.312. The minimum absolute atomic E-state index is 0.0469. The molecule has 128 valence electrons. The maximum atomic E-state index is 12.3. The molecule has 0 aromatic heterocycles. The number of thioether (sulfide) groups is 1. The Morgan fingerprint density at radius 2 is 2.04 bits per heavy atom. The van der Waals surface area contributed by atoms with Crippen LogP contribution >= 0.6 is 11.8 Å². The highest BCUT2D eigenvalue weighted by Crippen LogP contribution is 2.35. The van der Waals surface area contributed by atoms with Crippen LogP contribution in [0.25, 0.3) is 6.08 Å². The summed E-state index contributed by atoms with van der Waals surface area (Å²) >= 11 is 0.807. The zero-order chi connectivity index (χ0) is 17.7. The van der Waals surface area contributed by atoms with Crippen LogP contribution < -0.4 is 14.6 Å². The first kappa shape index (κ1) is 17.9. The van der Waals surface area contributed by atoms with E-state index in [1.54, 1.807) is 24.3 Å². The third-order valence-corrected chi connectivity index (χ3v) is 4.27. The Morgan fingerprint density at radius 3 is 2.67 bits per heavy atom. The van der Waals surface area contributed by atoms with Crippen LogP contribution in [-0.4, -0.2) is 42.8 Å². The van der Waals surface area contributed by atoms with Crippen molar-refractivity contribution in [1.29, 1.82) is 0 Å². The van der Waals surface area contributed by atoms with Gasteiger partial charge >= 0.3 is 0 Å². The molecule has 1 aliphatic heterocycles. The summed E-state index contributed by atoms with van der Waals surface area (Å²) in [6, 6.07) is 5.12. The van der Waals surface area contributed by atoms with Crippen molar-refractivity contribution in [2.24, 2.45) is 0 Å². The predicted molar refractivity (Wildman–Crippen MR) is 86.5 cm³/mol. The summed E-state index contributed by atoms with van der Waals surface area (Å²) in [5.41, 5.74) is 0.608. The summed E-state index contributed by atoms with van der Waals surface area (Å²) in [7, 11) is 3.03. The van der Waals surface area contributed by atoms with Gasteiger partial charge in [-0.25, -0.2) is 0 Å². The first-order valence-corrected chi connectivity index (χ1v) is 7.95. The van der Waals surface area contributed by atoms with Gasteiger partial charge in [0.15, 0.2) is 0 Å². The molecule has 1 fully saturated rings. The molecule has 7 nitrogen and oxygen atoms in total. The molecule has 8 heteroatoms. The average Bonchev–Trinajstić information content (AvgIpc) is 2.81. The highest BCUT2D eigenvalue weighted by molar-refractivity contribution is 8.18. The first-order chi connectivity index (χ1) is 11.5. The van der Waals surface area contributed by atoms with Crippen LogP contribution in [0.2, 0.25) is 0 Å². The van der Waals surface area contributed by atoms with E-state index >= 15 is 0 Å². The van der Waals surface area contributed by atoms with Gasteiger partial charge in [0.05, 0.1) is 19.1 Å². The molecular formula is C16H16NO6S-. The SMILES string of the molecule is COc1ccc(OC)c(/C=C2\SC(=O)N(CCCC(=O)[O-])C2=O)c1. The monoisotopic (exact) mass is 350 g/mol. The standard InChI is InChI=1S/C16H17NO6S/c1-22-11-5-6-12(23-2)10(8-11)9-13-15(20)17(16(21)24-13)7-3-4-14(18)19/h5-6,8-9H,3-4,7H2,1-2H3,(H,18,19)/p-1/b13-9-. The van der Waals surface area contributed by atoms with E-state index in [1.807, 2.05) is 0 Å². The van der Waals surface area contributed by atoms with E-state index in [9.17, 15) is 19.5 Å². The molecule has 0 spiro atoms. The second-order valence-electron chi connectivity index (χ2n) is 4.92. The Labute approximate surface area is 143 Å². The number of carboxylic acid groups (broad SMARTS) is 1. The van der Waals surface area contributed by atoms with E-state index in [1.165, 1.54) is 14.2 Å². The predicted octanol–water partition coefficient (Wildman–Crippen LogP) is 1.27. The molecule has 0 unspecified atom stereocenters. The van der Waals surface area contributed by atoms with Crippen molar-refractivity contribution in [2.45, 2.75) is 12.8 Å². The Bertz CT molecular complexity index is 700. The van der Waals surface area contributed by atoms with Gasteiger partial charge in [0.2, 0.25) is 0 Å². The zero-order valence-electron chi connectivity index (χ0n) is 13.2. The zero-order valence-corrected chi connectivity index (χ0v) is 14.1. The third kappa shape index (κ3) is 4.08. The molecule has 2 rings (SSSR count). The largest absolute Gasteiger partial charge is 0.550 e. The number of rotatable bonds is 7. The molecule has 2 amide bonds. The van der Waals surface area contributed by atoms with Crippen molar-refractivity contribution in [3.8, 4) is 11.5 Å². The third-order valence-electron chi connectivity index (χ3n) is 3.36. The number of ether oxygens (including phenoxy) is 2. The number of methoxy groups -OCH3 is 2. The fourth-order valence-corrected chi connectivity index (χ4v) is 3.02. The van der Waals surface area contributed by atoms with Crippen molar-refractivity contribution < 1.29 is 29.0 Å². The molecule has 0 radical (unpaired) electrons. The van der Waals surface area contributed by atoms with Crippen LogP contribution in [-0.2, 0) is 9.59 Å². The number of hydrogen-bond acceptors (Lipinski definition) is 7. The maximum Gasteiger partial charge on any atom is 0.293 e. The molecule has 1 heterocycles.